The van der Waals surface area contributed by atoms with E-state index in [0.29, 0.717) is 23.2 Å². The number of likely N-dealkylation sites (tertiary alicyclic amines) is 1. The van der Waals surface area contributed by atoms with Crippen LogP contribution in [0.2, 0.25) is 5.02 Å². The highest BCUT2D eigenvalue weighted by molar-refractivity contribution is 7.89. The molecule has 1 aromatic carbocycles. The minimum Gasteiger partial charge on any atom is -0.495 e. The van der Waals surface area contributed by atoms with Crippen molar-refractivity contribution in [2.75, 3.05) is 26.7 Å². The second-order valence-corrected chi connectivity index (χ2v) is 9.24. The van der Waals surface area contributed by atoms with Gasteiger partial charge in [-0.05, 0) is 62.9 Å². The van der Waals surface area contributed by atoms with Crippen molar-refractivity contribution in [1.29, 1.82) is 0 Å². The molecule has 1 N–H and O–H groups in total. The summed E-state index contributed by atoms with van der Waals surface area (Å²) in [5.74, 6) is 0.700. The molecular formula is C18H27ClN2O3S. The first-order chi connectivity index (χ1) is 12.0. The van der Waals surface area contributed by atoms with E-state index in [1.54, 1.807) is 12.1 Å². The molecule has 140 valence electrons. The Morgan fingerprint density at radius 1 is 1.20 bits per heavy atom. The molecule has 0 bridgehead atoms. The summed E-state index contributed by atoms with van der Waals surface area (Å²) in [6.45, 7) is 2.63. The van der Waals surface area contributed by atoms with Gasteiger partial charge in [0.1, 0.15) is 10.6 Å². The second kappa shape index (κ2) is 8.25. The molecule has 1 saturated heterocycles. The maximum absolute atomic E-state index is 12.6. The largest absolute Gasteiger partial charge is 0.495 e. The van der Waals surface area contributed by atoms with Crippen LogP contribution in [0.15, 0.2) is 23.1 Å². The van der Waals surface area contributed by atoms with Gasteiger partial charge >= 0.3 is 0 Å². The Kier molecular flexibility index (Phi) is 6.25. The maximum atomic E-state index is 12.6. The van der Waals surface area contributed by atoms with E-state index in [4.69, 9.17) is 16.3 Å². The standard InChI is InChI=1S/C18H27ClN2O3S/c1-24-17-7-6-15(19)12-18(17)25(22,23)20-13-14-8-10-21(11-9-14)16-4-2-3-5-16/h6-7,12,14,16,20H,2-5,8-11,13H2,1H3. The molecule has 7 heteroatoms. The summed E-state index contributed by atoms with van der Waals surface area (Å²) in [5, 5.41) is 0.381. The molecule has 0 unspecified atom stereocenters. The van der Waals surface area contributed by atoms with Crippen molar-refractivity contribution in [3.63, 3.8) is 0 Å². The summed E-state index contributed by atoms with van der Waals surface area (Å²) in [4.78, 5) is 2.70. The van der Waals surface area contributed by atoms with Gasteiger partial charge in [0.25, 0.3) is 0 Å². The molecule has 1 heterocycles. The van der Waals surface area contributed by atoms with Crippen molar-refractivity contribution < 1.29 is 13.2 Å². The smallest absolute Gasteiger partial charge is 0.244 e. The first-order valence-electron chi connectivity index (χ1n) is 9.07. The van der Waals surface area contributed by atoms with Crippen LogP contribution in [0.5, 0.6) is 5.75 Å². The minimum absolute atomic E-state index is 0.103. The fourth-order valence-electron chi connectivity index (χ4n) is 3.96. The highest BCUT2D eigenvalue weighted by Crippen LogP contribution is 2.29. The Balaban J connectivity index is 1.55. The van der Waals surface area contributed by atoms with E-state index in [0.717, 1.165) is 32.0 Å². The van der Waals surface area contributed by atoms with Crippen molar-refractivity contribution in [1.82, 2.24) is 9.62 Å². The number of sulfonamides is 1. The van der Waals surface area contributed by atoms with E-state index < -0.39 is 10.0 Å². The van der Waals surface area contributed by atoms with Gasteiger partial charge in [0, 0.05) is 17.6 Å². The van der Waals surface area contributed by atoms with E-state index in [1.165, 1.54) is 38.9 Å². The fraction of sp³-hybridized carbons (Fsp3) is 0.667. The van der Waals surface area contributed by atoms with Crippen LogP contribution < -0.4 is 9.46 Å². The third-order valence-electron chi connectivity index (χ3n) is 5.47. The van der Waals surface area contributed by atoms with Crippen LogP contribution >= 0.6 is 11.6 Å². The molecule has 3 rings (SSSR count). The minimum atomic E-state index is -3.63. The predicted molar refractivity (Wildman–Crippen MR) is 99.7 cm³/mol. The third-order valence-corrected chi connectivity index (χ3v) is 7.15. The second-order valence-electron chi connectivity index (χ2n) is 7.06. The number of hydrogen-bond acceptors (Lipinski definition) is 4. The zero-order valence-corrected chi connectivity index (χ0v) is 16.3. The topological polar surface area (TPSA) is 58.6 Å². The van der Waals surface area contributed by atoms with E-state index in [2.05, 4.69) is 9.62 Å². The highest BCUT2D eigenvalue weighted by atomic mass is 35.5. The number of methoxy groups -OCH3 is 1. The first kappa shape index (κ1) is 19.0. The van der Waals surface area contributed by atoms with Crippen LogP contribution in [0.4, 0.5) is 0 Å². The molecule has 0 radical (unpaired) electrons. The Bertz CT molecular complexity index is 682. The van der Waals surface area contributed by atoms with E-state index >= 15 is 0 Å². The Labute approximate surface area is 155 Å². The lowest BCUT2D eigenvalue weighted by Crippen LogP contribution is -2.42. The number of nitrogens with one attached hydrogen (secondary N) is 1. The average molecular weight is 387 g/mol. The first-order valence-corrected chi connectivity index (χ1v) is 10.9. The van der Waals surface area contributed by atoms with E-state index in [-0.39, 0.29) is 4.90 Å². The van der Waals surface area contributed by atoms with Gasteiger partial charge < -0.3 is 9.64 Å². The monoisotopic (exact) mass is 386 g/mol. The van der Waals surface area contributed by atoms with Gasteiger partial charge in [-0.1, -0.05) is 24.4 Å². The third kappa shape index (κ3) is 4.67. The number of piperidine rings is 1. The Morgan fingerprint density at radius 3 is 2.52 bits per heavy atom. The molecule has 0 spiro atoms. The van der Waals surface area contributed by atoms with Crippen molar-refractivity contribution in [3.05, 3.63) is 23.2 Å². The SMILES string of the molecule is COc1ccc(Cl)cc1S(=O)(=O)NCC1CCN(C2CCCC2)CC1. The number of benzene rings is 1. The number of hydrogen-bond donors (Lipinski definition) is 1. The molecule has 2 fully saturated rings. The van der Waals surface area contributed by atoms with Gasteiger partial charge in [-0.15, -0.1) is 0 Å². The number of ether oxygens (including phenoxy) is 1. The maximum Gasteiger partial charge on any atom is 0.244 e. The van der Waals surface area contributed by atoms with Crippen molar-refractivity contribution in [2.45, 2.75) is 49.5 Å². The van der Waals surface area contributed by atoms with E-state index in [9.17, 15) is 8.42 Å². The molecule has 1 aliphatic carbocycles. The van der Waals surface area contributed by atoms with Crippen LogP contribution in [0, 0.1) is 5.92 Å². The number of halogens is 1. The number of rotatable bonds is 6. The van der Waals surface area contributed by atoms with Crippen LogP contribution in [0.3, 0.4) is 0 Å². The molecule has 1 aromatic rings. The normalized spacial score (nSPS) is 20.9. The molecule has 0 amide bonds. The zero-order valence-electron chi connectivity index (χ0n) is 14.7. The summed E-state index contributed by atoms with van der Waals surface area (Å²) in [7, 11) is -2.17. The van der Waals surface area contributed by atoms with Gasteiger partial charge in [-0.25, -0.2) is 13.1 Å². The summed E-state index contributed by atoms with van der Waals surface area (Å²) in [5.41, 5.74) is 0. The van der Waals surface area contributed by atoms with Crippen LogP contribution in [-0.4, -0.2) is 46.1 Å². The van der Waals surface area contributed by atoms with E-state index in [1.807, 2.05) is 0 Å². The van der Waals surface area contributed by atoms with Crippen molar-refractivity contribution in [3.8, 4) is 5.75 Å². The highest BCUT2D eigenvalue weighted by Gasteiger charge is 2.28. The van der Waals surface area contributed by atoms with Crippen LogP contribution in [0.25, 0.3) is 0 Å². The quantitative estimate of drug-likeness (QED) is 0.815. The lowest BCUT2D eigenvalue weighted by Gasteiger charge is -2.36. The lowest BCUT2D eigenvalue weighted by molar-refractivity contribution is 0.135. The molecule has 0 aromatic heterocycles. The summed E-state index contributed by atoms with van der Waals surface area (Å²) in [6, 6.07) is 5.40. The van der Waals surface area contributed by atoms with Crippen molar-refractivity contribution >= 4 is 21.6 Å². The summed E-state index contributed by atoms with van der Waals surface area (Å²) >= 11 is 5.95. The molecule has 1 saturated carbocycles. The molecular weight excluding hydrogens is 360 g/mol. The molecule has 0 atom stereocenters. The van der Waals surface area contributed by atoms with Crippen LogP contribution in [0.1, 0.15) is 38.5 Å². The molecule has 5 nitrogen and oxygen atoms in total. The number of nitrogens with zero attached hydrogens (tertiary/aromatic N) is 1. The van der Waals surface area contributed by atoms with Gasteiger partial charge in [-0.2, -0.15) is 0 Å². The van der Waals surface area contributed by atoms with Crippen molar-refractivity contribution in [2.24, 2.45) is 5.92 Å². The summed E-state index contributed by atoms with van der Waals surface area (Å²) < 4.78 is 33.2. The van der Waals surface area contributed by atoms with Gasteiger partial charge in [0.15, 0.2) is 0 Å². The molecule has 2 aliphatic rings. The predicted octanol–water partition coefficient (Wildman–Crippen LogP) is 3.28. The molecule has 25 heavy (non-hydrogen) atoms. The van der Waals surface area contributed by atoms with Gasteiger partial charge in [-0.3, -0.25) is 0 Å². The van der Waals surface area contributed by atoms with Crippen LogP contribution in [-0.2, 0) is 10.0 Å². The average Bonchev–Trinajstić information content (AvgIpc) is 3.15. The van der Waals surface area contributed by atoms with Gasteiger partial charge in [0.2, 0.25) is 10.0 Å². The summed E-state index contributed by atoms with van der Waals surface area (Å²) in [6.07, 6.45) is 7.45. The zero-order chi connectivity index (χ0) is 17.9. The Hall–Kier alpha value is -0.820. The molecule has 1 aliphatic heterocycles. The fourth-order valence-corrected chi connectivity index (χ4v) is 5.50. The lowest BCUT2D eigenvalue weighted by atomic mass is 9.96. The Morgan fingerprint density at radius 2 is 1.88 bits per heavy atom. The van der Waals surface area contributed by atoms with Gasteiger partial charge in [0.05, 0.1) is 7.11 Å².